The third-order valence-electron chi connectivity index (χ3n) is 2.38. The van der Waals surface area contributed by atoms with Crippen molar-refractivity contribution in [1.29, 1.82) is 0 Å². The molecular formula is C13H19NO3. The van der Waals surface area contributed by atoms with Crippen LogP contribution in [0.3, 0.4) is 0 Å². The van der Waals surface area contributed by atoms with Gasteiger partial charge in [0.1, 0.15) is 11.8 Å². The van der Waals surface area contributed by atoms with E-state index in [-0.39, 0.29) is 5.97 Å². The monoisotopic (exact) mass is 237 g/mol. The molecule has 0 radical (unpaired) electrons. The zero-order valence-electron chi connectivity index (χ0n) is 10.5. The average Bonchev–Trinajstić information content (AvgIpc) is 2.36. The summed E-state index contributed by atoms with van der Waals surface area (Å²) in [5.41, 5.74) is 0.881. The summed E-state index contributed by atoms with van der Waals surface area (Å²) in [6.45, 7) is 4.84. The molecular weight excluding hydrogens is 218 g/mol. The van der Waals surface area contributed by atoms with Gasteiger partial charge in [0.15, 0.2) is 0 Å². The summed E-state index contributed by atoms with van der Waals surface area (Å²) in [5.74, 6) is 0.521. The minimum atomic E-state index is -0.411. The first kappa shape index (κ1) is 13.5. The molecule has 4 heteroatoms. The highest BCUT2D eigenvalue weighted by Crippen LogP contribution is 2.18. The molecule has 1 aromatic carbocycles. The van der Waals surface area contributed by atoms with Crippen LogP contribution in [0.2, 0.25) is 0 Å². The van der Waals surface area contributed by atoms with E-state index in [0.29, 0.717) is 13.2 Å². The number of carbonyl (C=O) groups excluding carboxylic acids is 1. The van der Waals surface area contributed by atoms with Gasteiger partial charge in [0.2, 0.25) is 0 Å². The summed E-state index contributed by atoms with van der Waals surface area (Å²) < 4.78 is 10.1. The van der Waals surface area contributed by atoms with Crippen molar-refractivity contribution >= 4 is 5.97 Å². The van der Waals surface area contributed by atoms with Crippen molar-refractivity contribution in [1.82, 2.24) is 5.32 Å². The van der Waals surface area contributed by atoms with E-state index in [4.69, 9.17) is 9.47 Å². The number of likely N-dealkylation sites (N-methyl/N-ethyl adjacent to an activating group) is 1. The van der Waals surface area contributed by atoms with E-state index in [1.807, 2.05) is 31.2 Å². The molecule has 0 aromatic heterocycles. The van der Waals surface area contributed by atoms with Crippen molar-refractivity contribution < 1.29 is 14.3 Å². The number of hydrogen-bond donors (Lipinski definition) is 1. The van der Waals surface area contributed by atoms with Gasteiger partial charge in [-0.25, -0.2) is 4.79 Å². The molecule has 1 unspecified atom stereocenters. The summed E-state index contributed by atoms with van der Waals surface area (Å²) in [4.78, 5) is 11.8. The highest BCUT2D eigenvalue weighted by Gasteiger charge is 2.20. The van der Waals surface area contributed by atoms with E-state index in [1.165, 1.54) is 0 Å². The van der Waals surface area contributed by atoms with E-state index in [9.17, 15) is 4.79 Å². The summed E-state index contributed by atoms with van der Waals surface area (Å²) in [6, 6.07) is 6.98. The Kier molecular flexibility index (Phi) is 5.49. The van der Waals surface area contributed by atoms with Crippen LogP contribution < -0.4 is 10.1 Å². The number of esters is 1. The van der Waals surface area contributed by atoms with E-state index in [1.54, 1.807) is 14.0 Å². The summed E-state index contributed by atoms with van der Waals surface area (Å²) >= 11 is 0. The predicted molar refractivity (Wildman–Crippen MR) is 66.0 cm³/mol. The van der Waals surface area contributed by atoms with E-state index in [2.05, 4.69) is 5.32 Å². The van der Waals surface area contributed by atoms with Crippen LogP contribution in [0.25, 0.3) is 0 Å². The van der Waals surface area contributed by atoms with Crippen molar-refractivity contribution in [2.24, 2.45) is 0 Å². The Hall–Kier alpha value is -1.55. The second kappa shape index (κ2) is 6.91. The molecule has 0 aliphatic rings. The van der Waals surface area contributed by atoms with Gasteiger partial charge in [0, 0.05) is 0 Å². The Morgan fingerprint density at radius 3 is 2.41 bits per heavy atom. The van der Waals surface area contributed by atoms with Crippen LogP contribution in [0, 0.1) is 0 Å². The Morgan fingerprint density at radius 2 is 1.94 bits per heavy atom. The number of carbonyl (C=O) groups is 1. The molecule has 0 bridgehead atoms. The Balaban J connectivity index is 2.84. The van der Waals surface area contributed by atoms with Gasteiger partial charge in [-0.2, -0.15) is 0 Å². The molecule has 0 aliphatic carbocycles. The highest BCUT2D eigenvalue weighted by molar-refractivity contribution is 5.77. The second-order valence-electron chi connectivity index (χ2n) is 3.52. The fourth-order valence-electron chi connectivity index (χ4n) is 1.56. The molecule has 0 saturated heterocycles. The third-order valence-corrected chi connectivity index (χ3v) is 2.38. The molecule has 0 saturated carbocycles. The summed E-state index contributed by atoms with van der Waals surface area (Å²) in [7, 11) is 1.61. The fourth-order valence-corrected chi connectivity index (χ4v) is 1.56. The number of ether oxygens (including phenoxy) is 2. The standard InChI is InChI=1S/C13H19NO3/c1-4-14-12(13(15)17-5-2)10-6-8-11(16-3)9-7-10/h6-9,12,14H,4-5H2,1-3H3. The van der Waals surface area contributed by atoms with Crippen molar-refractivity contribution in [3.63, 3.8) is 0 Å². The van der Waals surface area contributed by atoms with Crippen molar-refractivity contribution in [3.8, 4) is 5.75 Å². The molecule has 0 spiro atoms. The fraction of sp³-hybridized carbons (Fsp3) is 0.462. The van der Waals surface area contributed by atoms with E-state index in [0.717, 1.165) is 11.3 Å². The van der Waals surface area contributed by atoms with Crippen molar-refractivity contribution in [3.05, 3.63) is 29.8 Å². The van der Waals surface area contributed by atoms with Crippen LogP contribution in [-0.2, 0) is 9.53 Å². The maximum atomic E-state index is 11.8. The summed E-state index contributed by atoms with van der Waals surface area (Å²) in [6.07, 6.45) is 0. The first-order chi connectivity index (χ1) is 8.22. The quantitative estimate of drug-likeness (QED) is 0.768. The topological polar surface area (TPSA) is 47.6 Å². The Morgan fingerprint density at radius 1 is 1.29 bits per heavy atom. The number of hydrogen-bond acceptors (Lipinski definition) is 4. The third kappa shape index (κ3) is 3.75. The lowest BCUT2D eigenvalue weighted by atomic mass is 10.1. The van der Waals surface area contributed by atoms with Crippen LogP contribution in [0.1, 0.15) is 25.5 Å². The molecule has 1 aromatic rings. The highest BCUT2D eigenvalue weighted by atomic mass is 16.5. The van der Waals surface area contributed by atoms with Crippen molar-refractivity contribution in [2.45, 2.75) is 19.9 Å². The smallest absolute Gasteiger partial charge is 0.327 e. The normalized spacial score (nSPS) is 11.9. The lowest BCUT2D eigenvalue weighted by Gasteiger charge is -2.16. The van der Waals surface area contributed by atoms with Crippen LogP contribution in [0.4, 0.5) is 0 Å². The molecule has 0 heterocycles. The molecule has 1 atom stereocenters. The molecule has 1 N–H and O–H groups in total. The van der Waals surface area contributed by atoms with E-state index < -0.39 is 6.04 Å². The molecule has 17 heavy (non-hydrogen) atoms. The van der Waals surface area contributed by atoms with Crippen LogP contribution >= 0.6 is 0 Å². The Labute approximate surface area is 102 Å². The van der Waals surface area contributed by atoms with Gasteiger partial charge in [-0.1, -0.05) is 19.1 Å². The van der Waals surface area contributed by atoms with Crippen LogP contribution in [0.5, 0.6) is 5.75 Å². The van der Waals surface area contributed by atoms with Gasteiger partial charge in [-0.3, -0.25) is 0 Å². The van der Waals surface area contributed by atoms with Crippen molar-refractivity contribution in [2.75, 3.05) is 20.3 Å². The Bertz CT molecular complexity index is 348. The molecule has 0 fully saturated rings. The first-order valence-electron chi connectivity index (χ1n) is 5.76. The molecule has 0 amide bonds. The average molecular weight is 237 g/mol. The number of nitrogens with one attached hydrogen (secondary N) is 1. The lowest BCUT2D eigenvalue weighted by molar-refractivity contribution is -0.145. The minimum absolute atomic E-state index is 0.250. The first-order valence-corrected chi connectivity index (χ1v) is 5.76. The zero-order chi connectivity index (χ0) is 12.7. The maximum Gasteiger partial charge on any atom is 0.327 e. The van der Waals surface area contributed by atoms with Gasteiger partial charge in [0.25, 0.3) is 0 Å². The van der Waals surface area contributed by atoms with Gasteiger partial charge in [0.05, 0.1) is 13.7 Å². The van der Waals surface area contributed by atoms with Gasteiger partial charge in [-0.15, -0.1) is 0 Å². The zero-order valence-corrected chi connectivity index (χ0v) is 10.5. The molecule has 0 aliphatic heterocycles. The van der Waals surface area contributed by atoms with Crippen LogP contribution in [-0.4, -0.2) is 26.2 Å². The second-order valence-corrected chi connectivity index (χ2v) is 3.52. The minimum Gasteiger partial charge on any atom is -0.497 e. The largest absolute Gasteiger partial charge is 0.497 e. The maximum absolute atomic E-state index is 11.8. The van der Waals surface area contributed by atoms with Gasteiger partial charge in [-0.05, 0) is 31.2 Å². The van der Waals surface area contributed by atoms with Crippen LogP contribution in [0.15, 0.2) is 24.3 Å². The van der Waals surface area contributed by atoms with Gasteiger partial charge < -0.3 is 14.8 Å². The molecule has 4 nitrogen and oxygen atoms in total. The number of rotatable bonds is 6. The number of benzene rings is 1. The lowest BCUT2D eigenvalue weighted by Crippen LogP contribution is -2.30. The summed E-state index contributed by atoms with van der Waals surface area (Å²) in [5, 5.41) is 3.11. The number of methoxy groups -OCH3 is 1. The molecule has 1 rings (SSSR count). The predicted octanol–water partition coefficient (Wildman–Crippen LogP) is 1.91. The SMILES string of the molecule is CCNC(C(=O)OCC)c1ccc(OC)cc1. The van der Waals surface area contributed by atoms with E-state index >= 15 is 0 Å². The molecule has 94 valence electrons. The van der Waals surface area contributed by atoms with Gasteiger partial charge >= 0.3 is 5.97 Å².